The van der Waals surface area contributed by atoms with Crippen LogP contribution in [0.4, 0.5) is 4.79 Å². The fourth-order valence-corrected chi connectivity index (χ4v) is 6.06. The maximum Gasteiger partial charge on any atom is 0.419 e. The van der Waals surface area contributed by atoms with E-state index in [1.807, 2.05) is 52.0 Å². The number of rotatable bonds is 7. The lowest BCUT2D eigenvalue weighted by Crippen LogP contribution is -2.40. The molecule has 222 valence electrons. The van der Waals surface area contributed by atoms with Crippen LogP contribution in [-0.2, 0) is 30.3 Å². The number of hydrogen-bond donors (Lipinski definition) is 0. The van der Waals surface area contributed by atoms with Crippen LogP contribution < -0.4 is 4.74 Å². The zero-order chi connectivity index (χ0) is 30.1. The third-order valence-electron chi connectivity index (χ3n) is 7.09. The van der Waals surface area contributed by atoms with E-state index < -0.39 is 33.9 Å². The zero-order valence-electron chi connectivity index (χ0n) is 24.6. The van der Waals surface area contributed by atoms with Crippen molar-refractivity contribution in [1.29, 1.82) is 0 Å². The van der Waals surface area contributed by atoms with E-state index in [0.717, 1.165) is 33.8 Å². The number of piperidine rings is 1. The molecule has 0 saturated carbocycles. The Hall–Kier alpha value is -3.41. The molecule has 0 radical (unpaired) electrons. The molecule has 1 aliphatic rings. The van der Waals surface area contributed by atoms with E-state index in [1.165, 1.54) is 11.7 Å². The molecule has 2 atom stereocenters. The Bertz CT molecular complexity index is 1540. The van der Waals surface area contributed by atoms with E-state index >= 15 is 0 Å². The quantitative estimate of drug-likeness (QED) is 0.272. The summed E-state index contributed by atoms with van der Waals surface area (Å²) in [6.45, 7) is 8.42. The summed E-state index contributed by atoms with van der Waals surface area (Å²) in [6.07, 6.45) is 2.77. The molecule has 0 aliphatic carbocycles. The number of esters is 1. The van der Waals surface area contributed by atoms with Crippen molar-refractivity contribution < 1.29 is 36.4 Å². The van der Waals surface area contributed by atoms with Gasteiger partial charge in [0.2, 0.25) is 0 Å². The Morgan fingerprint density at radius 3 is 2.34 bits per heavy atom. The molecule has 4 rings (SSSR count). The molecule has 1 aromatic heterocycles. The van der Waals surface area contributed by atoms with Crippen LogP contribution in [0.3, 0.4) is 0 Å². The molecule has 41 heavy (non-hydrogen) atoms. The topological polar surface area (TPSA) is 113 Å². The zero-order valence-corrected chi connectivity index (χ0v) is 25.4. The lowest BCUT2D eigenvalue weighted by Gasteiger charge is -2.39. The van der Waals surface area contributed by atoms with Gasteiger partial charge in [0.15, 0.2) is 0 Å². The SMILES string of the molecule is COC(=O)c1ccc([C@H]2C[C@@H](OS(C)(=O)=O)CCN2Cc2c(OC)cc(C)c3c2ccn3C(=O)OC(C)(C)C)cc1. The summed E-state index contributed by atoms with van der Waals surface area (Å²) in [5, 5.41) is 0.863. The summed E-state index contributed by atoms with van der Waals surface area (Å²) in [7, 11) is -0.690. The molecule has 11 heteroatoms. The predicted molar refractivity (Wildman–Crippen MR) is 155 cm³/mol. The average molecular weight is 587 g/mol. The molecule has 1 saturated heterocycles. The summed E-state index contributed by atoms with van der Waals surface area (Å²) >= 11 is 0. The van der Waals surface area contributed by atoms with Gasteiger partial charge in [-0.05, 0) is 75.9 Å². The van der Waals surface area contributed by atoms with Gasteiger partial charge < -0.3 is 14.2 Å². The van der Waals surface area contributed by atoms with Crippen molar-refractivity contribution in [3.8, 4) is 5.75 Å². The van der Waals surface area contributed by atoms with E-state index in [0.29, 0.717) is 37.2 Å². The minimum atomic E-state index is -3.64. The van der Waals surface area contributed by atoms with Crippen LogP contribution >= 0.6 is 0 Å². The maximum atomic E-state index is 13.0. The molecular weight excluding hydrogens is 548 g/mol. The van der Waals surface area contributed by atoms with E-state index in [-0.39, 0.29) is 6.04 Å². The summed E-state index contributed by atoms with van der Waals surface area (Å²) < 4.78 is 47.1. The summed E-state index contributed by atoms with van der Waals surface area (Å²) in [5.41, 5.74) is 3.19. The second-order valence-electron chi connectivity index (χ2n) is 11.3. The first kappa shape index (κ1) is 30.5. The molecule has 10 nitrogen and oxygen atoms in total. The second kappa shape index (κ2) is 11.8. The number of ether oxygens (including phenoxy) is 3. The number of hydrogen-bond acceptors (Lipinski definition) is 9. The van der Waals surface area contributed by atoms with Crippen molar-refractivity contribution in [1.82, 2.24) is 9.47 Å². The molecule has 0 bridgehead atoms. The average Bonchev–Trinajstić information content (AvgIpc) is 3.35. The van der Waals surface area contributed by atoms with Crippen LogP contribution in [0.5, 0.6) is 5.75 Å². The minimum Gasteiger partial charge on any atom is -0.496 e. The normalized spacial score (nSPS) is 18.3. The van der Waals surface area contributed by atoms with Gasteiger partial charge in [0.1, 0.15) is 11.4 Å². The van der Waals surface area contributed by atoms with E-state index in [2.05, 4.69) is 4.90 Å². The van der Waals surface area contributed by atoms with Crippen LogP contribution in [-0.4, -0.2) is 68.7 Å². The number of fused-ring (bicyclic) bond motifs is 1. The smallest absolute Gasteiger partial charge is 0.419 e. The minimum absolute atomic E-state index is 0.212. The first-order valence-corrected chi connectivity index (χ1v) is 15.2. The summed E-state index contributed by atoms with van der Waals surface area (Å²) in [6, 6.07) is 10.7. The third-order valence-corrected chi connectivity index (χ3v) is 7.72. The maximum absolute atomic E-state index is 13.0. The number of carbonyl (C=O) groups excluding carboxylic acids is 2. The highest BCUT2D eigenvalue weighted by Gasteiger charge is 2.33. The summed E-state index contributed by atoms with van der Waals surface area (Å²) in [4.78, 5) is 27.3. The number of methoxy groups -OCH3 is 2. The van der Waals surface area contributed by atoms with Crippen LogP contribution in [0, 0.1) is 6.92 Å². The number of aryl methyl sites for hydroxylation is 1. The molecule has 2 aromatic carbocycles. The lowest BCUT2D eigenvalue weighted by atomic mass is 9.91. The number of aromatic nitrogens is 1. The van der Waals surface area contributed by atoms with Crippen LogP contribution in [0.25, 0.3) is 10.9 Å². The lowest BCUT2D eigenvalue weighted by molar-refractivity contribution is 0.0535. The van der Waals surface area contributed by atoms with Gasteiger partial charge in [0, 0.05) is 36.3 Å². The second-order valence-corrected chi connectivity index (χ2v) is 12.9. The van der Waals surface area contributed by atoms with Crippen molar-refractivity contribution in [2.45, 2.75) is 64.8 Å². The van der Waals surface area contributed by atoms with Gasteiger partial charge in [-0.2, -0.15) is 8.42 Å². The molecular formula is C30H38N2O8S. The predicted octanol–water partition coefficient (Wildman–Crippen LogP) is 5.21. The number of carbonyl (C=O) groups is 2. The van der Waals surface area contributed by atoms with Crippen molar-refractivity contribution >= 4 is 33.1 Å². The number of benzene rings is 2. The molecule has 1 aliphatic heterocycles. The number of nitrogens with zero attached hydrogens (tertiary/aromatic N) is 2. The molecule has 3 aromatic rings. The Kier molecular flexibility index (Phi) is 8.81. The van der Waals surface area contributed by atoms with Gasteiger partial charge in [-0.25, -0.2) is 9.59 Å². The van der Waals surface area contributed by atoms with Crippen LogP contribution in [0.1, 0.15) is 66.7 Å². The summed E-state index contributed by atoms with van der Waals surface area (Å²) in [5.74, 6) is 0.253. The van der Waals surface area contributed by atoms with Gasteiger partial charge in [0.25, 0.3) is 10.1 Å². The highest BCUT2D eigenvalue weighted by atomic mass is 32.2. The molecule has 0 amide bonds. The number of likely N-dealkylation sites (tertiary alicyclic amines) is 1. The fourth-order valence-electron chi connectivity index (χ4n) is 5.39. The monoisotopic (exact) mass is 586 g/mol. The third kappa shape index (κ3) is 7.09. The standard InChI is InChI=1S/C30H38N2O8S/c1-19-16-26(37-5)24(23-13-15-32(27(19)23)29(34)39-30(2,3)4)18-31-14-12-22(40-41(7,35)36)17-25(31)20-8-10-21(11-9-20)28(33)38-6/h8-11,13,15-16,22,25H,12,14,17-18H2,1-7H3/t22-,25+/m0/s1. The molecule has 2 heterocycles. The Labute approximate surface area is 241 Å². The molecule has 0 unspecified atom stereocenters. The first-order valence-electron chi connectivity index (χ1n) is 13.4. The van der Waals surface area contributed by atoms with E-state index in [4.69, 9.17) is 18.4 Å². The van der Waals surface area contributed by atoms with Gasteiger partial charge in [0.05, 0.1) is 37.7 Å². The van der Waals surface area contributed by atoms with Gasteiger partial charge in [-0.15, -0.1) is 0 Å². The Morgan fingerprint density at radius 1 is 1.07 bits per heavy atom. The van der Waals surface area contributed by atoms with Gasteiger partial charge in [-0.1, -0.05) is 12.1 Å². The van der Waals surface area contributed by atoms with Crippen molar-refractivity contribution in [2.75, 3.05) is 27.0 Å². The fraction of sp³-hybridized carbons (Fsp3) is 0.467. The van der Waals surface area contributed by atoms with Gasteiger partial charge >= 0.3 is 12.1 Å². The van der Waals surface area contributed by atoms with E-state index in [1.54, 1.807) is 25.4 Å². The molecule has 1 fully saturated rings. The highest BCUT2D eigenvalue weighted by molar-refractivity contribution is 7.86. The van der Waals surface area contributed by atoms with Crippen molar-refractivity contribution in [3.63, 3.8) is 0 Å². The largest absolute Gasteiger partial charge is 0.496 e. The van der Waals surface area contributed by atoms with Crippen LogP contribution in [0.15, 0.2) is 42.6 Å². The Morgan fingerprint density at radius 2 is 1.76 bits per heavy atom. The van der Waals surface area contributed by atoms with Crippen molar-refractivity contribution in [3.05, 3.63) is 64.8 Å². The highest BCUT2D eigenvalue weighted by Crippen LogP contribution is 2.39. The Balaban J connectivity index is 1.74. The van der Waals surface area contributed by atoms with Crippen molar-refractivity contribution in [2.24, 2.45) is 0 Å². The molecule has 0 spiro atoms. The van der Waals surface area contributed by atoms with Crippen LogP contribution in [0.2, 0.25) is 0 Å². The van der Waals surface area contributed by atoms with Gasteiger partial charge in [-0.3, -0.25) is 13.7 Å². The van der Waals surface area contributed by atoms with E-state index in [9.17, 15) is 18.0 Å². The first-order chi connectivity index (χ1) is 19.2. The molecule has 0 N–H and O–H groups in total.